The van der Waals surface area contributed by atoms with Gasteiger partial charge in [-0.1, -0.05) is 22.0 Å². The zero-order valence-electron chi connectivity index (χ0n) is 10.0. The lowest BCUT2D eigenvalue weighted by Crippen LogP contribution is -2.05. The second-order valence-electron chi connectivity index (χ2n) is 3.95. The predicted molar refractivity (Wildman–Crippen MR) is 71.1 cm³/mol. The van der Waals surface area contributed by atoms with Crippen molar-refractivity contribution in [1.29, 1.82) is 0 Å². The first kappa shape index (κ1) is 14.0. The Morgan fingerprint density at radius 2 is 1.84 bits per heavy atom. The molecule has 0 saturated carbocycles. The van der Waals surface area contributed by atoms with Crippen LogP contribution < -0.4 is 4.74 Å². The highest BCUT2D eigenvalue weighted by molar-refractivity contribution is 9.10. The first-order valence-corrected chi connectivity index (χ1v) is 6.28. The highest BCUT2D eigenvalue weighted by Crippen LogP contribution is 2.33. The molecule has 19 heavy (non-hydrogen) atoms. The third-order valence-corrected chi connectivity index (χ3v) is 3.24. The van der Waals surface area contributed by atoms with Crippen LogP contribution in [0.4, 0.5) is 8.78 Å². The predicted octanol–water partition coefficient (Wildman–Crippen LogP) is 3.82. The summed E-state index contributed by atoms with van der Waals surface area (Å²) in [5, 5.41) is 10.2. The SMILES string of the molecule is COc1ccc(Br)cc1C(O)c1ccc(F)cc1F. The van der Waals surface area contributed by atoms with Gasteiger partial charge in [0.2, 0.25) is 0 Å². The van der Waals surface area contributed by atoms with Gasteiger partial charge in [-0.2, -0.15) is 0 Å². The standard InChI is InChI=1S/C14H11BrF2O2/c1-19-13-5-2-8(15)6-11(13)14(18)10-4-3-9(16)7-12(10)17/h2-7,14,18H,1H3. The highest BCUT2D eigenvalue weighted by atomic mass is 79.9. The van der Waals surface area contributed by atoms with E-state index in [9.17, 15) is 13.9 Å². The lowest BCUT2D eigenvalue weighted by atomic mass is 10.00. The minimum Gasteiger partial charge on any atom is -0.496 e. The van der Waals surface area contributed by atoms with Crippen molar-refractivity contribution in [1.82, 2.24) is 0 Å². The summed E-state index contributed by atoms with van der Waals surface area (Å²) in [6.45, 7) is 0. The number of methoxy groups -OCH3 is 1. The summed E-state index contributed by atoms with van der Waals surface area (Å²) in [6, 6.07) is 8.09. The number of benzene rings is 2. The van der Waals surface area contributed by atoms with Crippen LogP contribution in [0.1, 0.15) is 17.2 Å². The van der Waals surface area contributed by atoms with Crippen molar-refractivity contribution >= 4 is 15.9 Å². The molecule has 0 radical (unpaired) electrons. The molecule has 1 N–H and O–H groups in total. The molecule has 0 spiro atoms. The van der Waals surface area contributed by atoms with Crippen LogP contribution in [0.3, 0.4) is 0 Å². The van der Waals surface area contributed by atoms with Crippen LogP contribution in [0.25, 0.3) is 0 Å². The lowest BCUT2D eigenvalue weighted by Gasteiger charge is -2.16. The maximum Gasteiger partial charge on any atom is 0.132 e. The van der Waals surface area contributed by atoms with Gasteiger partial charge >= 0.3 is 0 Å². The van der Waals surface area contributed by atoms with Crippen molar-refractivity contribution in [2.45, 2.75) is 6.10 Å². The molecule has 0 saturated heterocycles. The van der Waals surface area contributed by atoms with E-state index in [2.05, 4.69) is 15.9 Å². The second-order valence-corrected chi connectivity index (χ2v) is 4.87. The van der Waals surface area contributed by atoms with Crippen molar-refractivity contribution in [3.05, 3.63) is 63.6 Å². The largest absolute Gasteiger partial charge is 0.496 e. The van der Waals surface area contributed by atoms with E-state index in [0.717, 1.165) is 16.6 Å². The van der Waals surface area contributed by atoms with Crippen molar-refractivity contribution in [2.24, 2.45) is 0 Å². The average Bonchev–Trinajstić information content (AvgIpc) is 2.38. The number of aliphatic hydroxyl groups is 1. The van der Waals surface area contributed by atoms with Gasteiger partial charge in [0.25, 0.3) is 0 Å². The maximum atomic E-state index is 13.7. The molecule has 0 bridgehead atoms. The average molecular weight is 329 g/mol. The molecule has 100 valence electrons. The fourth-order valence-corrected chi connectivity index (χ4v) is 2.19. The van der Waals surface area contributed by atoms with Crippen LogP contribution in [-0.2, 0) is 0 Å². The van der Waals surface area contributed by atoms with E-state index in [0.29, 0.717) is 11.3 Å². The Kier molecular flexibility index (Phi) is 4.17. The van der Waals surface area contributed by atoms with E-state index < -0.39 is 17.7 Å². The number of hydrogen-bond acceptors (Lipinski definition) is 2. The minimum atomic E-state index is -1.23. The molecular formula is C14H11BrF2O2. The van der Waals surface area contributed by atoms with Gasteiger partial charge in [0.15, 0.2) is 0 Å². The van der Waals surface area contributed by atoms with Crippen molar-refractivity contribution in [2.75, 3.05) is 7.11 Å². The van der Waals surface area contributed by atoms with Crippen LogP contribution in [0.5, 0.6) is 5.75 Å². The van der Waals surface area contributed by atoms with E-state index in [1.807, 2.05) is 0 Å². The molecule has 1 atom stereocenters. The Labute approximate surface area is 117 Å². The summed E-state index contributed by atoms with van der Waals surface area (Å²) in [7, 11) is 1.46. The zero-order valence-corrected chi connectivity index (χ0v) is 11.6. The van der Waals surface area contributed by atoms with E-state index in [1.165, 1.54) is 13.2 Å². The summed E-state index contributed by atoms with van der Waals surface area (Å²) in [4.78, 5) is 0. The van der Waals surface area contributed by atoms with Crippen molar-refractivity contribution < 1.29 is 18.6 Å². The molecule has 0 aliphatic rings. The molecule has 5 heteroatoms. The maximum absolute atomic E-state index is 13.7. The topological polar surface area (TPSA) is 29.5 Å². The number of aliphatic hydroxyl groups excluding tert-OH is 1. The summed E-state index contributed by atoms with van der Waals surface area (Å²) in [6.07, 6.45) is -1.23. The highest BCUT2D eigenvalue weighted by Gasteiger charge is 2.19. The van der Waals surface area contributed by atoms with Gasteiger partial charge in [0.1, 0.15) is 23.5 Å². The Balaban J connectivity index is 2.49. The zero-order chi connectivity index (χ0) is 14.0. The molecule has 2 aromatic rings. The quantitative estimate of drug-likeness (QED) is 0.928. The van der Waals surface area contributed by atoms with Crippen LogP contribution in [0.2, 0.25) is 0 Å². The number of halogens is 3. The van der Waals surface area contributed by atoms with Gasteiger partial charge in [0, 0.05) is 21.7 Å². The molecule has 0 aliphatic carbocycles. The minimum absolute atomic E-state index is 0.00204. The van der Waals surface area contributed by atoms with Crippen LogP contribution >= 0.6 is 15.9 Å². The van der Waals surface area contributed by atoms with E-state index in [4.69, 9.17) is 4.74 Å². The molecule has 1 unspecified atom stereocenters. The van der Waals surface area contributed by atoms with Crippen molar-refractivity contribution in [3.8, 4) is 5.75 Å². The Bertz CT molecular complexity index is 602. The third kappa shape index (κ3) is 2.93. The van der Waals surface area contributed by atoms with E-state index in [1.54, 1.807) is 18.2 Å². The molecule has 2 aromatic carbocycles. The van der Waals surface area contributed by atoms with Crippen LogP contribution in [0, 0.1) is 11.6 Å². The smallest absolute Gasteiger partial charge is 0.132 e. The monoisotopic (exact) mass is 328 g/mol. The van der Waals surface area contributed by atoms with Crippen LogP contribution in [0.15, 0.2) is 40.9 Å². The lowest BCUT2D eigenvalue weighted by molar-refractivity contribution is 0.209. The fourth-order valence-electron chi connectivity index (χ4n) is 1.81. The number of rotatable bonds is 3. The first-order valence-electron chi connectivity index (χ1n) is 5.49. The van der Waals surface area contributed by atoms with Gasteiger partial charge in [0.05, 0.1) is 7.11 Å². The normalized spacial score (nSPS) is 12.3. The van der Waals surface area contributed by atoms with Gasteiger partial charge in [-0.05, 0) is 24.3 Å². The fraction of sp³-hybridized carbons (Fsp3) is 0.143. The summed E-state index contributed by atoms with van der Waals surface area (Å²) in [5.41, 5.74) is 0.403. The Morgan fingerprint density at radius 3 is 2.47 bits per heavy atom. The molecule has 2 rings (SSSR count). The number of ether oxygens (including phenoxy) is 1. The van der Waals surface area contributed by atoms with Gasteiger partial charge in [-0.15, -0.1) is 0 Å². The number of hydrogen-bond donors (Lipinski definition) is 1. The van der Waals surface area contributed by atoms with Gasteiger partial charge in [-0.3, -0.25) is 0 Å². The molecule has 0 amide bonds. The van der Waals surface area contributed by atoms with Gasteiger partial charge < -0.3 is 9.84 Å². The first-order chi connectivity index (χ1) is 9.02. The third-order valence-electron chi connectivity index (χ3n) is 2.74. The summed E-state index contributed by atoms with van der Waals surface area (Å²) >= 11 is 3.28. The molecular weight excluding hydrogens is 318 g/mol. The summed E-state index contributed by atoms with van der Waals surface area (Å²) < 4.78 is 32.4. The molecule has 0 heterocycles. The van der Waals surface area contributed by atoms with Crippen molar-refractivity contribution in [3.63, 3.8) is 0 Å². The van der Waals surface area contributed by atoms with E-state index in [-0.39, 0.29) is 5.56 Å². The molecule has 0 aliphatic heterocycles. The Hall–Kier alpha value is -1.46. The second kappa shape index (κ2) is 5.67. The molecule has 2 nitrogen and oxygen atoms in total. The summed E-state index contributed by atoms with van der Waals surface area (Å²) in [5.74, 6) is -1.05. The van der Waals surface area contributed by atoms with Gasteiger partial charge in [-0.25, -0.2) is 8.78 Å². The Morgan fingerprint density at radius 1 is 1.11 bits per heavy atom. The molecule has 0 fully saturated rings. The molecule has 0 aromatic heterocycles. The van der Waals surface area contributed by atoms with Crippen LogP contribution in [-0.4, -0.2) is 12.2 Å². The van der Waals surface area contributed by atoms with E-state index >= 15 is 0 Å².